The van der Waals surface area contributed by atoms with Gasteiger partial charge in [-0.25, -0.2) is 4.79 Å². The number of nitrogens with two attached hydrogens (primary N) is 1. The van der Waals surface area contributed by atoms with Crippen LogP contribution in [0.2, 0.25) is 5.02 Å². The van der Waals surface area contributed by atoms with E-state index in [0.29, 0.717) is 0 Å². The molecule has 1 saturated carbocycles. The molecule has 1 aliphatic rings. The summed E-state index contributed by atoms with van der Waals surface area (Å²) in [5, 5.41) is 11.1. The first-order chi connectivity index (χ1) is 7.08. The average Bonchev–Trinajstić information content (AvgIpc) is 2.94. The van der Waals surface area contributed by atoms with Crippen LogP contribution >= 0.6 is 11.6 Å². The number of rotatable bonds is 1. The zero-order chi connectivity index (χ0) is 11.3. The molecule has 1 amide bonds. The number of benzene rings is 1. The zero-order valence-corrected chi connectivity index (χ0v) is 8.87. The Labute approximate surface area is 93.0 Å². The highest BCUT2D eigenvalue weighted by Gasteiger charge is 2.22. The second kappa shape index (κ2) is 5.46. The Morgan fingerprint density at radius 3 is 2.20 bits per heavy atom. The van der Waals surface area contributed by atoms with Gasteiger partial charge in [0.1, 0.15) is 0 Å². The molecule has 82 valence electrons. The van der Waals surface area contributed by atoms with Crippen molar-refractivity contribution in [1.29, 1.82) is 0 Å². The minimum atomic E-state index is -0.900. The summed E-state index contributed by atoms with van der Waals surface area (Å²) in [6, 6.07) is 7.33. The molecule has 0 saturated heterocycles. The molecule has 15 heavy (non-hydrogen) atoms. The summed E-state index contributed by atoms with van der Waals surface area (Å²) in [5.74, 6) is 0. The number of halogens is 1. The van der Waals surface area contributed by atoms with Gasteiger partial charge in [-0.1, -0.05) is 11.6 Å². The topological polar surface area (TPSA) is 75.4 Å². The van der Waals surface area contributed by atoms with Gasteiger partial charge in [0.25, 0.3) is 0 Å². The van der Waals surface area contributed by atoms with Crippen molar-refractivity contribution >= 4 is 23.4 Å². The molecule has 4 N–H and O–H groups in total. The van der Waals surface area contributed by atoms with Crippen molar-refractivity contribution in [3.8, 4) is 0 Å². The molecular weight excluding hydrogens is 216 g/mol. The maximum atomic E-state index is 9.74. The molecule has 1 aromatic rings. The minimum absolute atomic E-state index is 0.275. The van der Waals surface area contributed by atoms with Crippen molar-refractivity contribution in [3.63, 3.8) is 0 Å². The van der Waals surface area contributed by atoms with Gasteiger partial charge in [-0.15, -0.1) is 0 Å². The van der Waals surface area contributed by atoms with Crippen molar-refractivity contribution in [2.24, 2.45) is 0 Å². The van der Waals surface area contributed by atoms with Crippen LogP contribution < -0.4 is 11.1 Å². The fourth-order valence-electron chi connectivity index (χ4n) is 0.865. The van der Waals surface area contributed by atoms with E-state index in [4.69, 9.17) is 22.4 Å². The van der Waals surface area contributed by atoms with Crippen LogP contribution in [-0.2, 0) is 0 Å². The molecule has 0 unspecified atom stereocenters. The molecule has 0 bridgehead atoms. The minimum Gasteiger partial charge on any atom is -0.465 e. The van der Waals surface area contributed by atoms with Crippen LogP contribution in [0.25, 0.3) is 0 Å². The molecule has 0 radical (unpaired) electrons. The van der Waals surface area contributed by atoms with E-state index in [-0.39, 0.29) is 6.04 Å². The fraction of sp³-hybridized carbons (Fsp3) is 0.300. The summed E-state index contributed by atoms with van der Waals surface area (Å²) < 4.78 is 0. The Balaban J connectivity index is 0.000000151. The van der Waals surface area contributed by atoms with E-state index < -0.39 is 6.09 Å². The van der Waals surface area contributed by atoms with E-state index in [2.05, 4.69) is 5.32 Å². The van der Waals surface area contributed by atoms with Crippen LogP contribution in [0.1, 0.15) is 12.8 Å². The van der Waals surface area contributed by atoms with Gasteiger partial charge in [-0.05, 0) is 37.1 Å². The predicted molar refractivity (Wildman–Crippen MR) is 60.0 cm³/mol. The maximum Gasteiger partial charge on any atom is 0.404 e. The Kier molecular flexibility index (Phi) is 4.24. The molecule has 0 atom stereocenters. The summed E-state index contributed by atoms with van der Waals surface area (Å²) in [4.78, 5) is 9.74. The van der Waals surface area contributed by atoms with Gasteiger partial charge < -0.3 is 16.2 Å². The van der Waals surface area contributed by atoms with E-state index in [9.17, 15) is 4.79 Å². The number of nitrogen functional groups attached to an aromatic ring is 1. The number of carbonyl (C=O) groups is 1. The normalized spacial score (nSPS) is 13.7. The molecule has 1 aromatic carbocycles. The van der Waals surface area contributed by atoms with Gasteiger partial charge in [0.05, 0.1) is 0 Å². The van der Waals surface area contributed by atoms with Crippen LogP contribution in [0, 0.1) is 0 Å². The number of hydrogen-bond acceptors (Lipinski definition) is 2. The number of nitrogens with one attached hydrogen (secondary N) is 1. The molecular formula is C10H13ClN2O2. The van der Waals surface area contributed by atoms with Crippen molar-refractivity contribution in [3.05, 3.63) is 29.3 Å². The standard InChI is InChI=1S/C6H6ClN.C4H7NO2/c7-5-1-3-6(8)4-2-5;6-4(7)5-3-1-2-3/h1-4H,8H2;3,5H,1-2H2,(H,6,7). The molecule has 1 fully saturated rings. The highest BCUT2D eigenvalue weighted by atomic mass is 35.5. The zero-order valence-electron chi connectivity index (χ0n) is 8.11. The fourth-order valence-corrected chi connectivity index (χ4v) is 0.991. The first-order valence-corrected chi connectivity index (χ1v) is 4.96. The van der Waals surface area contributed by atoms with Crippen molar-refractivity contribution in [1.82, 2.24) is 5.32 Å². The number of carboxylic acid groups (broad SMARTS) is 1. The molecule has 1 aliphatic carbocycles. The van der Waals surface area contributed by atoms with E-state index in [0.717, 1.165) is 23.6 Å². The van der Waals surface area contributed by atoms with Crippen LogP contribution in [0.15, 0.2) is 24.3 Å². The molecule has 2 rings (SSSR count). The SMILES string of the molecule is Nc1ccc(Cl)cc1.O=C(O)NC1CC1. The molecule has 0 spiro atoms. The lowest BCUT2D eigenvalue weighted by molar-refractivity contribution is 0.194. The van der Waals surface area contributed by atoms with Gasteiger partial charge in [-0.2, -0.15) is 0 Å². The molecule has 0 aromatic heterocycles. The highest BCUT2D eigenvalue weighted by molar-refractivity contribution is 6.30. The Bertz CT molecular complexity index is 302. The highest BCUT2D eigenvalue weighted by Crippen LogP contribution is 2.17. The van der Waals surface area contributed by atoms with Crippen molar-refractivity contribution in [2.45, 2.75) is 18.9 Å². The number of amides is 1. The predicted octanol–water partition coefficient (Wildman–Crippen LogP) is 2.34. The maximum absolute atomic E-state index is 9.74. The van der Waals surface area contributed by atoms with Crippen molar-refractivity contribution < 1.29 is 9.90 Å². The molecule has 4 nitrogen and oxygen atoms in total. The van der Waals surface area contributed by atoms with Crippen LogP contribution in [0.4, 0.5) is 10.5 Å². The summed E-state index contributed by atoms with van der Waals surface area (Å²) in [6.45, 7) is 0. The number of hydrogen-bond donors (Lipinski definition) is 3. The summed E-state index contributed by atoms with van der Waals surface area (Å²) >= 11 is 5.56. The second-order valence-electron chi connectivity index (χ2n) is 3.28. The lowest BCUT2D eigenvalue weighted by atomic mass is 10.3. The third kappa shape index (κ3) is 5.80. The van der Waals surface area contributed by atoms with E-state index in [1.165, 1.54) is 0 Å². The first-order valence-electron chi connectivity index (χ1n) is 4.58. The third-order valence-corrected chi connectivity index (χ3v) is 2.03. The van der Waals surface area contributed by atoms with Crippen LogP contribution in [0.5, 0.6) is 0 Å². The molecule has 0 heterocycles. The van der Waals surface area contributed by atoms with E-state index in [1.54, 1.807) is 24.3 Å². The Morgan fingerprint density at radius 1 is 1.40 bits per heavy atom. The smallest absolute Gasteiger partial charge is 0.404 e. The van der Waals surface area contributed by atoms with Gasteiger partial charge in [0.2, 0.25) is 0 Å². The van der Waals surface area contributed by atoms with E-state index >= 15 is 0 Å². The quantitative estimate of drug-likeness (QED) is 0.646. The summed E-state index contributed by atoms with van der Waals surface area (Å²) in [5.41, 5.74) is 6.11. The summed E-state index contributed by atoms with van der Waals surface area (Å²) in [6.07, 6.45) is 1.14. The van der Waals surface area contributed by atoms with Crippen LogP contribution in [-0.4, -0.2) is 17.2 Å². The van der Waals surface area contributed by atoms with Gasteiger partial charge in [-0.3, -0.25) is 0 Å². The Hall–Kier alpha value is -1.42. The second-order valence-corrected chi connectivity index (χ2v) is 3.71. The van der Waals surface area contributed by atoms with Gasteiger partial charge in [0.15, 0.2) is 0 Å². The van der Waals surface area contributed by atoms with Gasteiger partial charge in [0, 0.05) is 16.8 Å². The number of anilines is 1. The van der Waals surface area contributed by atoms with Crippen molar-refractivity contribution in [2.75, 3.05) is 5.73 Å². The lowest BCUT2D eigenvalue weighted by Gasteiger charge is -1.90. The largest absolute Gasteiger partial charge is 0.465 e. The monoisotopic (exact) mass is 228 g/mol. The summed E-state index contributed by atoms with van der Waals surface area (Å²) in [7, 11) is 0. The van der Waals surface area contributed by atoms with Gasteiger partial charge >= 0.3 is 6.09 Å². The van der Waals surface area contributed by atoms with Crippen LogP contribution in [0.3, 0.4) is 0 Å². The molecule has 5 heteroatoms. The molecule has 0 aliphatic heterocycles. The Morgan fingerprint density at radius 2 is 1.93 bits per heavy atom. The first kappa shape index (κ1) is 11.7. The average molecular weight is 229 g/mol. The lowest BCUT2D eigenvalue weighted by Crippen LogP contribution is -2.22. The van der Waals surface area contributed by atoms with E-state index in [1.807, 2.05) is 0 Å². The third-order valence-electron chi connectivity index (χ3n) is 1.77.